The zero-order valence-corrected chi connectivity index (χ0v) is 9.42. The van der Waals surface area contributed by atoms with Crippen molar-refractivity contribution in [1.82, 2.24) is 10.6 Å². The van der Waals surface area contributed by atoms with Gasteiger partial charge in [0.1, 0.15) is 5.76 Å². The average Bonchev–Trinajstić information content (AvgIpc) is 2.70. The van der Waals surface area contributed by atoms with Crippen molar-refractivity contribution in [1.29, 1.82) is 0 Å². The minimum absolute atomic E-state index is 0.132. The van der Waals surface area contributed by atoms with Gasteiger partial charge in [0.2, 0.25) is 5.91 Å². The molecule has 1 aromatic rings. The van der Waals surface area contributed by atoms with Crippen LogP contribution in [0.1, 0.15) is 12.2 Å². The highest BCUT2D eigenvalue weighted by Gasteiger charge is 2.06. The fourth-order valence-electron chi connectivity index (χ4n) is 1.07. The van der Waals surface area contributed by atoms with Crippen LogP contribution < -0.4 is 10.6 Å². The van der Waals surface area contributed by atoms with E-state index in [1.54, 1.807) is 12.3 Å². The number of rotatable bonds is 5. The molecule has 0 fully saturated rings. The maximum Gasteiger partial charge on any atom is 0.321 e. The molecule has 0 aliphatic rings. The quantitative estimate of drug-likeness (QED) is 0.767. The first kappa shape index (κ1) is 12.6. The van der Waals surface area contributed by atoms with Crippen molar-refractivity contribution in [2.45, 2.75) is 12.8 Å². The molecule has 0 saturated heterocycles. The second-order valence-electron chi connectivity index (χ2n) is 3.07. The summed E-state index contributed by atoms with van der Waals surface area (Å²) in [6.45, 7) is 0.410. The van der Waals surface area contributed by atoms with Crippen LogP contribution in [0.15, 0.2) is 22.8 Å². The van der Waals surface area contributed by atoms with E-state index >= 15 is 0 Å². The number of nitrogens with one attached hydrogen (secondary N) is 2. The summed E-state index contributed by atoms with van der Waals surface area (Å²) in [5.41, 5.74) is 0. The van der Waals surface area contributed by atoms with Crippen LogP contribution in [0.25, 0.3) is 0 Å². The van der Waals surface area contributed by atoms with Crippen LogP contribution >= 0.6 is 11.6 Å². The molecule has 0 unspecified atom stereocenters. The monoisotopic (exact) mass is 244 g/mol. The summed E-state index contributed by atoms with van der Waals surface area (Å²) in [7, 11) is 0. The van der Waals surface area contributed by atoms with Gasteiger partial charge in [0.15, 0.2) is 0 Å². The minimum Gasteiger partial charge on any atom is -0.469 e. The van der Waals surface area contributed by atoms with E-state index < -0.39 is 6.03 Å². The third-order valence-electron chi connectivity index (χ3n) is 1.81. The largest absolute Gasteiger partial charge is 0.469 e. The second kappa shape index (κ2) is 6.90. The molecule has 1 aromatic heterocycles. The van der Waals surface area contributed by atoms with E-state index in [0.717, 1.165) is 5.76 Å². The van der Waals surface area contributed by atoms with E-state index in [2.05, 4.69) is 10.6 Å². The Morgan fingerprint density at radius 2 is 2.25 bits per heavy atom. The van der Waals surface area contributed by atoms with Crippen molar-refractivity contribution in [3.05, 3.63) is 24.2 Å². The fourth-order valence-corrected chi connectivity index (χ4v) is 1.24. The number of alkyl halides is 1. The highest BCUT2D eigenvalue weighted by Crippen LogP contribution is 1.99. The minimum atomic E-state index is -0.512. The lowest BCUT2D eigenvalue weighted by Crippen LogP contribution is -2.40. The number of urea groups is 1. The van der Waals surface area contributed by atoms with Gasteiger partial charge >= 0.3 is 6.03 Å². The van der Waals surface area contributed by atoms with Gasteiger partial charge < -0.3 is 9.73 Å². The Morgan fingerprint density at radius 3 is 2.88 bits per heavy atom. The SMILES string of the molecule is O=C(CCCl)NC(=O)NCCc1ccco1. The molecule has 1 rings (SSSR count). The van der Waals surface area contributed by atoms with E-state index in [1.807, 2.05) is 6.07 Å². The molecular formula is C10H13ClN2O3. The van der Waals surface area contributed by atoms with Crippen molar-refractivity contribution in [3.8, 4) is 0 Å². The summed E-state index contributed by atoms with van der Waals surface area (Å²) in [5, 5.41) is 4.69. The molecule has 0 aliphatic carbocycles. The molecular weight excluding hydrogens is 232 g/mol. The molecule has 0 aromatic carbocycles. The zero-order chi connectivity index (χ0) is 11.8. The molecule has 5 nitrogen and oxygen atoms in total. The van der Waals surface area contributed by atoms with Gasteiger partial charge in [0, 0.05) is 25.3 Å². The van der Waals surface area contributed by atoms with E-state index in [9.17, 15) is 9.59 Å². The predicted octanol–water partition coefficient (Wildman–Crippen LogP) is 1.28. The van der Waals surface area contributed by atoms with E-state index in [-0.39, 0.29) is 18.2 Å². The third-order valence-corrected chi connectivity index (χ3v) is 2.00. The first-order valence-corrected chi connectivity index (χ1v) is 5.42. The van der Waals surface area contributed by atoms with E-state index in [0.29, 0.717) is 13.0 Å². The zero-order valence-electron chi connectivity index (χ0n) is 8.66. The molecule has 16 heavy (non-hydrogen) atoms. The standard InChI is InChI=1S/C10H13ClN2O3/c11-5-3-9(14)13-10(15)12-6-4-8-2-1-7-16-8/h1-2,7H,3-6H2,(H2,12,13,14,15). The van der Waals surface area contributed by atoms with Crippen LogP contribution in [0.4, 0.5) is 4.79 Å². The summed E-state index contributed by atoms with van der Waals surface area (Å²) >= 11 is 5.35. The van der Waals surface area contributed by atoms with Crippen LogP contribution in [0.3, 0.4) is 0 Å². The average molecular weight is 245 g/mol. The fraction of sp³-hybridized carbons (Fsp3) is 0.400. The molecule has 3 amide bonds. The maximum atomic E-state index is 11.1. The first-order valence-electron chi connectivity index (χ1n) is 4.88. The molecule has 1 heterocycles. The smallest absolute Gasteiger partial charge is 0.321 e. The lowest BCUT2D eigenvalue weighted by atomic mass is 10.3. The number of hydrogen-bond donors (Lipinski definition) is 2. The van der Waals surface area contributed by atoms with E-state index in [4.69, 9.17) is 16.0 Å². The Bertz CT molecular complexity index is 338. The lowest BCUT2D eigenvalue weighted by Gasteiger charge is -2.04. The Hall–Kier alpha value is -1.49. The van der Waals surface area contributed by atoms with Gasteiger partial charge in [-0.05, 0) is 12.1 Å². The molecule has 6 heteroatoms. The van der Waals surface area contributed by atoms with Gasteiger partial charge in [-0.1, -0.05) is 0 Å². The van der Waals surface area contributed by atoms with Crippen molar-refractivity contribution >= 4 is 23.5 Å². The molecule has 0 spiro atoms. The molecule has 88 valence electrons. The molecule has 2 N–H and O–H groups in total. The van der Waals surface area contributed by atoms with Crippen molar-refractivity contribution < 1.29 is 14.0 Å². The molecule has 0 bridgehead atoms. The normalized spacial score (nSPS) is 9.81. The van der Waals surface area contributed by atoms with Crippen molar-refractivity contribution in [2.75, 3.05) is 12.4 Å². The van der Waals surface area contributed by atoms with Crippen molar-refractivity contribution in [3.63, 3.8) is 0 Å². The number of hydrogen-bond acceptors (Lipinski definition) is 3. The van der Waals surface area contributed by atoms with Gasteiger partial charge in [0.25, 0.3) is 0 Å². The number of halogens is 1. The topological polar surface area (TPSA) is 71.3 Å². The Balaban J connectivity index is 2.13. The molecule has 0 atom stereocenters. The highest BCUT2D eigenvalue weighted by molar-refractivity contribution is 6.19. The number of imide groups is 1. The van der Waals surface area contributed by atoms with Crippen LogP contribution in [0.5, 0.6) is 0 Å². The summed E-state index contributed by atoms with van der Waals surface area (Å²) in [6.07, 6.45) is 2.29. The number of amides is 3. The summed E-state index contributed by atoms with van der Waals surface area (Å²) in [6, 6.07) is 3.08. The van der Waals surface area contributed by atoms with Gasteiger partial charge in [-0.15, -0.1) is 11.6 Å². The second-order valence-corrected chi connectivity index (χ2v) is 3.45. The first-order chi connectivity index (χ1) is 7.72. The Kier molecular flexibility index (Phi) is 5.42. The van der Waals surface area contributed by atoms with Crippen LogP contribution in [-0.2, 0) is 11.2 Å². The summed E-state index contributed by atoms with van der Waals surface area (Å²) in [4.78, 5) is 22.1. The van der Waals surface area contributed by atoms with Gasteiger partial charge in [-0.2, -0.15) is 0 Å². The Labute approximate surface area is 98.1 Å². The summed E-state index contributed by atoms with van der Waals surface area (Å²) < 4.78 is 5.08. The van der Waals surface area contributed by atoms with Crippen LogP contribution in [0, 0.1) is 0 Å². The number of carbonyl (C=O) groups excluding carboxylic acids is 2. The predicted molar refractivity (Wildman–Crippen MR) is 59.3 cm³/mol. The number of carbonyl (C=O) groups is 2. The van der Waals surface area contributed by atoms with Gasteiger partial charge in [0.05, 0.1) is 6.26 Å². The highest BCUT2D eigenvalue weighted by atomic mass is 35.5. The maximum absolute atomic E-state index is 11.1. The molecule has 0 radical (unpaired) electrons. The lowest BCUT2D eigenvalue weighted by molar-refractivity contribution is -0.119. The van der Waals surface area contributed by atoms with Crippen molar-refractivity contribution in [2.24, 2.45) is 0 Å². The van der Waals surface area contributed by atoms with Crippen LogP contribution in [0.2, 0.25) is 0 Å². The number of furan rings is 1. The third kappa shape index (κ3) is 4.84. The van der Waals surface area contributed by atoms with Gasteiger partial charge in [-0.25, -0.2) is 4.79 Å². The van der Waals surface area contributed by atoms with Crippen LogP contribution in [-0.4, -0.2) is 24.4 Å². The molecule has 0 aliphatic heterocycles. The summed E-state index contributed by atoms with van der Waals surface area (Å²) in [5.74, 6) is 0.601. The van der Waals surface area contributed by atoms with E-state index in [1.165, 1.54) is 0 Å². The van der Waals surface area contributed by atoms with Gasteiger partial charge in [-0.3, -0.25) is 10.1 Å². The molecule has 0 saturated carbocycles. The Morgan fingerprint density at radius 1 is 1.44 bits per heavy atom.